The summed E-state index contributed by atoms with van der Waals surface area (Å²) in [5, 5.41) is 4.51. The van der Waals surface area contributed by atoms with Gasteiger partial charge in [0.05, 0.1) is 11.9 Å². The Kier molecular flexibility index (Phi) is 4.82. The minimum Gasteiger partial charge on any atom is -0.304 e. The minimum atomic E-state index is -0.213. The quantitative estimate of drug-likeness (QED) is 0.721. The van der Waals surface area contributed by atoms with Crippen LogP contribution < -0.4 is 0 Å². The maximum Gasteiger partial charge on any atom is 0.123 e. The highest BCUT2D eigenvalue weighted by Gasteiger charge is 2.14. The normalized spacial score (nSPS) is 16.1. The summed E-state index contributed by atoms with van der Waals surface area (Å²) >= 11 is 0. The first-order valence-corrected chi connectivity index (χ1v) is 8.98. The molecule has 0 unspecified atom stereocenters. The molecule has 5 heteroatoms. The van der Waals surface area contributed by atoms with E-state index >= 15 is 0 Å². The Morgan fingerprint density at radius 1 is 0.885 bits per heavy atom. The van der Waals surface area contributed by atoms with Crippen molar-refractivity contribution in [3.05, 3.63) is 72.3 Å². The fraction of sp³-hybridized carbons (Fsp3) is 0.286. The van der Waals surface area contributed by atoms with Crippen LogP contribution in [-0.4, -0.2) is 52.8 Å². The fourth-order valence-corrected chi connectivity index (χ4v) is 3.30. The maximum atomic E-state index is 13.1. The molecule has 1 saturated heterocycles. The number of halogens is 1. The van der Waals surface area contributed by atoms with Crippen LogP contribution in [0.25, 0.3) is 16.8 Å². The smallest absolute Gasteiger partial charge is 0.123 e. The van der Waals surface area contributed by atoms with Crippen LogP contribution in [0.1, 0.15) is 5.56 Å². The van der Waals surface area contributed by atoms with Crippen LogP contribution in [0.5, 0.6) is 0 Å². The van der Waals surface area contributed by atoms with Gasteiger partial charge < -0.3 is 4.90 Å². The van der Waals surface area contributed by atoms with Crippen molar-refractivity contribution in [3.63, 3.8) is 0 Å². The summed E-state index contributed by atoms with van der Waals surface area (Å²) in [5.74, 6) is -0.213. The third-order valence-corrected chi connectivity index (χ3v) is 4.95. The van der Waals surface area contributed by atoms with Crippen molar-refractivity contribution in [3.8, 4) is 16.8 Å². The standard InChI is InChI=1S/C21H23FN4/c1-24-10-12-25(13-11-24)15-17-14-23-26(16-17)21-8-4-19(5-9-21)18-2-6-20(22)7-3-18/h2-9,14,16H,10-13,15H2,1H3. The van der Waals surface area contributed by atoms with Crippen molar-refractivity contribution in [1.82, 2.24) is 19.6 Å². The fourth-order valence-electron chi connectivity index (χ4n) is 3.30. The van der Waals surface area contributed by atoms with Crippen LogP contribution in [0.15, 0.2) is 60.9 Å². The summed E-state index contributed by atoms with van der Waals surface area (Å²) in [6.07, 6.45) is 4.05. The van der Waals surface area contributed by atoms with Gasteiger partial charge in [-0.15, -0.1) is 0 Å². The number of benzene rings is 2. The average Bonchev–Trinajstić information content (AvgIpc) is 3.13. The zero-order chi connectivity index (χ0) is 17.9. The Morgan fingerprint density at radius 2 is 1.50 bits per heavy atom. The predicted octanol–water partition coefficient (Wildman–Crippen LogP) is 3.43. The second-order valence-electron chi connectivity index (χ2n) is 6.93. The van der Waals surface area contributed by atoms with Gasteiger partial charge in [0.15, 0.2) is 0 Å². The second kappa shape index (κ2) is 7.40. The topological polar surface area (TPSA) is 24.3 Å². The average molecular weight is 350 g/mol. The van der Waals surface area contributed by atoms with E-state index < -0.39 is 0 Å². The van der Waals surface area contributed by atoms with Crippen LogP contribution in [-0.2, 0) is 6.54 Å². The molecule has 0 spiro atoms. The number of hydrogen-bond donors (Lipinski definition) is 0. The largest absolute Gasteiger partial charge is 0.304 e. The molecule has 3 aromatic rings. The van der Waals surface area contributed by atoms with Crippen molar-refractivity contribution in [1.29, 1.82) is 0 Å². The van der Waals surface area contributed by atoms with Crippen molar-refractivity contribution >= 4 is 0 Å². The lowest BCUT2D eigenvalue weighted by Gasteiger charge is -2.31. The third kappa shape index (κ3) is 3.84. The molecule has 0 amide bonds. The molecular formula is C21H23FN4. The minimum absolute atomic E-state index is 0.213. The Balaban J connectivity index is 1.44. The Labute approximate surface area is 153 Å². The molecule has 2 aromatic carbocycles. The van der Waals surface area contributed by atoms with Gasteiger partial charge in [-0.2, -0.15) is 5.10 Å². The van der Waals surface area contributed by atoms with E-state index in [-0.39, 0.29) is 5.82 Å². The van der Waals surface area contributed by atoms with Crippen molar-refractivity contribution in [2.24, 2.45) is 0 Å². The summed E-state index contributed by atoms with van der Waals surface area (Å²) in [6.45, 7) is 5.40. The number of aromatic nitrogens is 2. The van der Waals surface area contributed by atoms with Gasteiger partial charge in [-0.25, -0.2) is 9.07 Å². The molecule has 0 bridgehead atoms. The molecule has 134 valence electrons. The van der Waals surface area contributed by atoms with E-state index in [1.807, 2.05) is 35.1 Å². The van der Waals surface area contributed by atoms with Gasteiger partial charge in [0.25, 0.3) is 0 Å². The van der Waals surface area contributed by atoms with Crippen LogP contribution in [0.2, 0.25) is 0 Å². The molecule has 4 nitrogen and oxygen atoms in total. The van der Waals surface area contributed by atoms with E-state index in [1.54, 1.807) is 12.1 Å². The molecule has 1 aromatic heterocycles. The molecule has 26 heavy (non-hydrogen) atoms. The van der Waals surface area contributed by atoms with Crippen molar-refractivity contribution in [2.75, 3.05) is 33.2 Å². The second-order valence-corrected chi connectivity index (χ2v) is 6.93. The van der Waals surface area contributed by atoms with E-state index in [0.717, 1.165) is 49.5 Å². The highest BCUT2D eigenvalue weighted by Crippen LogP contribution is 2.21. The molecule has 4 rings (SSSR count). The molecule has 1 fully saturated rings. The van der Waals surface area contributed by atoms with E-state index in [4.69, 9.17) is 0 Å². The monoisotopic (exact) mass is 350 g/mol. The highest BCUT2D eigenvalue weighted by molar-refractivity contribution is 5.64. The van der Waals surface area contributed by atoms with E-state index in [2.05, 4.69) is 28.1 Å². The molecule has 0 saturated carbocycles. The van der Waals surface area contributed by atoms with Crippen LogP contribution in [0.4, 0.5) is 4.39 Å². The summed E-state index contributed by atoms with van der Waals surface area (Å²) in [6, 6.07) is 14.8. The molecule has 0 radical (unpaired) electrons. The SMILES string of the molecule is CN1CCN(Cc2cnn(-c3ccc(-c4ccc(F)cc4)cc3)c2)CC1. The lowest BCUT2D eigenvalue weighted by Crippen LogP contribution is -2.43. The molecular weight excluding hydrogens is 327 g/mol. The van der Waals surface area contributed by atoms with Gasteiger partial charge in [0, 0.05) is 44.5 Å². The van der Waals surface area contributed by atoms with Crippen LogP contribution in [0.3, 0.4) is 0 Å². The van der Waals surface area contributed by atoms with E-state index in [0.29, 0.717) is 0 Å². The van der Waals surface area contributed by atoms with Gasteiger partial charge in [0.1, 0.15) is 5.82 Å². The summed E-state index contributed by atoms with van der Waals surface area (Å²) in [4.78, 5) is 4.83. The van der Waals surface area contributed by atoms with E-state index in [1.165, 1.54) is 17.7 Å². The zero-order valence-corrected chi connectivity index (χ0v) is 15.0. The molecule has 2 heterocycles. The lowest BCUT2D eigenvalue weighted by atomic mass is 10.1. The van der Waals surface area contributed by atoms with Crippen molar-refractivity contribution < 1.29 is 4.39 Å². The van der Waals surface area contributed by atoms with Gasteiger partial charge in [-0.3, -0.25) is 4.90 Å². The van der Waals surface area contributed by atoms with Gasteiger partial charge in [0.2, 0.25) is 0 Å². The lowest BCUT2D eigenvalue weighted by molar-refractivity contribution is 0.148. The van der Waals surface area contributed by atoms with Gasteiger partial charge in [-0.1, -0.05) is 24.3 Å². The summed E-state index contributed by atoms with van der Waals surface area (Å²) in [7, 11) is 2.17. The highest BCUT2D eigenvalue weighted by atomic mass is 19.1. The number of piperazine rings is 1. The first-order valence-electron chi connectivity index (χ1n) is 8.98. The molecule has 1 aliphatic rings. The summed E-state index contributed by atoms with van der Waals surface area (Å²) in [5.41, 5.74) is 4.34. The molecule has 0 atom stereocenters. The third-order valence-electron chi connectivity index (χ3n) is 4.95. The first-order chi connectivity index (χ1) is 12.7. The van der Waals surface area contributed by atoms with Crippen LogP contribution in [0, 0.1) is 5.82 Å². The molecule has 0 aliphatic carbocycles. The Morgan fingerprint density at radius 3 is 2.15 bits per heavy atom. The zero-order valence-electron chi connectivity index (χ0n) is 15.0. The van der Waals surface area contributed by atoms with Crippen LogP contribution >= 0.6 is 0 Å². The number of nitrogens with zero attached hydrogens (tertiary/aromatic N) is 4. The number of likely N-dealkylation sites (N-methyl/N-ethyl adjacent to an activating group) is 1. The Hall–Kier alpha value is -2.50. The first kappa shape index (κ1) is 16.9. The number of rotatable bonds is 4. The number of hydrogen-bond acceptors (Lipinski definition) is 3. The van der Waals surface area contributed by atoms with Gasteiger partial charge >= 0.3 is 0 Å². The Bertz CT molecular complexity index is 846. The van der Waals surface area contributed by atoms with E-state index in [9.17, 15) is 4.39 Å². The molecule has 0 N–H and O–H groups in total. The van der Waals surface area contributed by atoms with Gasteiger partial charge in [-0.05, 0) is 42.4 Å². The van der Waals surface area contributed by atoms with Crippen molar-refractivity contribution in [2.45, 2.75) is 6.54 Å². The molecule has 1 aliphatic heterocycles. The maximum absolute atomic E-state index is 13.1. The predicted molar refractivity (Wildman–Crippen MR) is 102 cm³/mol. The summed E-state index contributed by atoms with van der Waals surface area (Å²) < 4.78 is 15.0.